The number of guanidine groups is 2. The minimum atomic E-state index is -2.13. The van der Waals surface area contributed by atoms with Crippen LogP contribution in [0.1, 0.15) is 6.92 Å². The fraction of sp³-hybridized carbons (Fsp3) is 0.600. The van der Waals surface area contributed by atoms with Crippen LogP contribution in [0.15, 0.2) is 9.98 Å². The molecule has 3 rings (SSSR count). The lowest BCUT2D eigenvalue weighted by molar-refractivity contribution is -0.195. The lowest BCUT2D eigenvalue weighted by atomic mass is 10.2. The fourth-order valence-corrected chi connectivity index (χ4v) is 1.68. The molecule has 0 fully saturated rings. The molecule has 116 valence electrons. The summed E-state index contributed by atoms with van der Waals surface area (Å²) in [7, 11) is 3.16. The molecule has 0 aliphatic carbocycles. The summed E-state index contributed by atoms with van der Waals surface area (Å²) in [5, 5.41) is 19.9. The van der Waals surface area contributed by atoms with Gasteiger partial charge in [0.05, 0.1) is 0 Å². The number of carbonyl (C=O) groups excluding carboxylic acids is 2. The minimum Gasteiger partial charge on any atom is -0.414 e. The maximum Gasteiger partial charge on any atom is 0.364 e. The van der Waals surface area contributed by atoms with Gasteiger partial charge in [0.2, 0.25) is 11.9 Å². The Morgan fingerprint density at radius 2 is 1.81 bits per heavy atom. The Kier molecular flexibility index (Phi) is 3.47. The largest absolute Gasteiger partial charge is 0.414 e. The average Bonchev–Trinajstić information content (AvgIpc) is 2.38. The van der Waals surface area contributed by atoms with Crippen LogP contribution in [0.2, 0.25) is 0 Å². The molecule has 2 bridgehead atoms. The molecule has 3 aliphatic rings. The second-order valence-electron chi connectivity index (χ2n) is 4.73. The van der Waals surface area contributed by atoms with Crippen molar-refractivity contribution in [3.8, 4) is 0 Å². The first-order valence-electron chi connectivity index (χ1n) is 5.88. The average molecular weight is 301 g/mol. The van der Waals surface area contributed by atoms with Crippen LogP contribution >= 0.6 is 0 Å². The van der Waals surface area contributed by atoms with Crippen LogP contribution in [0.5, 0.6) is 0 Å². The van der Waals surface area contributed by atoms with Crippen LogP contribution in [0, 0.1) is 0 Å². The first-order chi connectivity index (χ1) is 9.64. The van der Waals surface area contributed by atoms with Crippen LogP contribution in [-0.2, 0) is 19.2 Å². The number of aliphatic hydroxyl groups is 2. The number of aliphatic imine (C=N–C) groups is 2. The van der Waals surface area contributed by atoms with Gasteiger partial charge in [-0.3, -0.25) is 0 Å². The van der Waals surface area contributed by atoms with Gasteiger partial charge in [-0.15, -0.1) is 5.06 Å². The van der Waals surface area contributed by atoms with Gasteiger partial charge in [0, 0.05) is 21.0 Å². The molecule has 3 aliphatic heterocycles. The van der Waals surface area contributed by atoms with Gasteiger partial charge in [0.15, 0.2) is 12.2 Å². The highest BCUT2D eigenvalue weighted by molar-refractivity contribution is 6.00. The number of nitrogens with zero attached hydrogens (tertiary/aromatic N) is 4. The van der Waals surface area contributed by atoms with Gasteiger partial charge in [-0.1, -0.05) is 0 Å². The van der Waals surface area contributed by atoms with Crippen molar-refractivity contribution < 1.29 is 29.4 Å². The molecule has 0 saturated carbocycles. The van der Waals surface area contributed by atoms with E-state index in [0.29, 0.717) is 0 Å². The van der Waals surface area contributed by atoms with E-state index in [2.05, 4.69) is 9.98 Å². The van der Waals surface area contributed by atoms with E-state index in [4.69, 9.17) is 15.3 Å². The van der Waals surface area contributed by atoms with Crippen molar-refractivity contribution in [2.45, 2.75) is 25.0 Å². The number of nitrogens with two attached hydrogens (primary N) is 1. The van der Waals surface area contributed by atoms with Crippen LogP contribution in [-0.4, -0.2) is 76.2 Å². The van der Waals surface area contributed by atoms with Crippen LogP contribution < -0.4 is 5.73 Å². The molecular formula is C10H15N5O6. The standard InChI is InChI=1S/C10H15N5O6/c1-10-12-8(11)15(9(13-10)14(2)3)21-7(19)5(17)4(16)6(18)20-10/h4-5,16-17H,1-3H3,(H2,11,12). The molecule has 0 radical (unpaired) electrons. The normalized spacial score (nSPS) is 32.9. The molecule has 21 heavy (non-hydrogen) atoms. The quantitative estimate of drug-likeness (QED) is 0.396. The van der Waals surface area contributed by atoms with Crippen LogP contribution in [0.25, 0.3) is 0 Å². The van der Waals surface area contributed by atoms with Crippen molar-refractivity contribution in [1.82, 2.24) is 9.96 Å². The highest BCUT2D eigenvalue weighted by Crippen LogP contribution is 2.23. The Morgan fingerprint density at radius 3 is 2.38 bits per heavy atom. The second kappa shape index (κ2) is 4.86. The number of rotatable bonds is 0. The third kappa shape index (κ3) is 2.60. The summed E-state index contributed by atoms with van der Waals surface area (Å²) in [5.41, 5.74) is 5.67. The Hall–Kier alpha value is -2.40. The highest BCUT2D eigenvalue weighted by atomic mass is 16.7. The number of ether oxygens (including phenoxy) is 1. The molecule has 11 nitrogen and oxygen atoms in total. The molecule has 0 aromatic heterocycles. The van der Waals surface area contributed by atoms with E-state index in [-0.39, 0.29) is 11.9 Å². The van der Waals surface area contributed by atoms with Crippen LogP contribution in [0.4, 0.5) is 0 Å². The summed E-state index contributed by atoms with van der Waals surface area (Å²) in [6.07, 6.45) is -4.25. The van der Waals surface area contributed by atoms with Crippen molar-refractivity contribution in [2.24, 2.45) is 15.7 Å². The van der Waals surface area contributed by atoms with Crippen molar-refractivity contribution >= 4 is 23.9 Å². The van der Waals surface area contributed by atoms with E-state index in [0.717, 1.165) is 5.06 Å². The zero-order valence-corrected chi connectivity index (χ0v) is 11.5. The van der Waals surface area contributed by atoms with E-state index in [1.54, 1.807) is 14.1 Å². The van der Waals surface area contributed by atoms with Crippen LogP contribution in [0.3, 0.4) is 0 Å². The third-order valence-corrected chi connectivity index (χ3v) is 2.68. The van der Waals surface area contributed by atoms with Crippen molar-refractivity contribution in [2.75, 3.05) is 14.1 Å². The molecule has 0 amide bonds. The topological polar surface area (TPSA) is 150 Å². The summed E-state index contributed by atoms with van der Waals surface area (Å²) < 4.78 is 4.92. The molecular weight excluding hydrogens is 286 g/mol. The molecule has 3 atom stereocenters. The van der Waals surface area contributed by atoms with Crippen molar-refractivity contribution in [1.29, 1.82) is 0 Å². The van der Waals surface area contributed by atoms with Gasteiger partial charge < -0.3 is 30.4 Å². The molecule has 11 heteroatoms. The summed E-state index contributed by atoms with van der Waals surface area (Å²) in [6, 6.07) is 0. The zero-order valence-electron chi connectivity index (χ0n) is 11.5. The molecule has 0 spiro atoms. The third-order valence-electron chi connectivity index (χ3n) is 2.68. The number of hydrogen-bond acceptors (Lipinski definition) is 11. The predicted octanol–water partition coefficient (Wildman–Crippen LogP) is -3.06. The lowest BCUT2D eigenvalue weighted by Gasteiger charge is -2.36. The maximum atomic E-state index is 11.7. The van der Waals surface area contributed by atoms with E-state index in [1.807, 2.05) is 0 Å². The van der Waals surface area contributed by atoms with E-state index < -0.39 is 30.0 Å². The first-order valence-corrected chi connectivity index (χ1v) is 5.88. The molecule has 4 N–H and O–H groups in total. The Bertz CT molecular complexity index is 546. The number of aliphatic hydroxyl groups excluding tert-OH is 2. The summed E-state index contributed by atoms with van der Waals surface area (Å²) in [5.74, 6) is -4.62. The smallest absolute Gasteiger partial charge is 0.364 e. The van der Waals surface area contributed by atoms with Gasteiger partial charge >= 0.3 is 17.8 Å². The molecule has 3 heterocycles. The molecule has 0 saturated heterocycles. The summed E-state index contributed by atoms with van der Waals surface area (Å²) in [6.45, 7) is 1.32. The Labute approximate surface area is 119 Å². The van der Waals surface area contributed by atoms with E-state index in [9.17, 15) is 19.8 Å². The van der Waals surface area contributed by atoms with Gasteiger partial charge in [0.25, 0.3) is 0 Å². The minimum absolute atomic E-state index is 0.0229. The van der Waals surface area contributed by atoms with Crippen molar-refractivity contribution in [3.63, 3.8) is 0 Å². The number of esters is 1. The Morgan fingerprint density at radius 1 is 1.24 bits per heavy atom. The van der Waals surface area contributed by atoms with Crippen molar-refractivity contribution in [3.05, 3.63) is 0 Å². The van der Waals surface area contributed by atoms with Gasteiger partial charge in [-0.2, -0.15) is 9.98 Å². The summed E-state index contributed by atoms with van der Waals surface area (Å²) in [4.78, 5) is 37.5. The molecule has 0 aromatic rings. The zero-order chi connectivity index (χ0) is 15.9. The number of hydroxylamine groups is 2. The lowest BCUT2D eigenvalue weighted by Crippen LogP contribution is -2.58. The van der Waals surface area contributed by atoms with Gasteiger partial charge in [-0.25, -0.2) is 9.59 Å². The van der Waals surface area contributed by atoms with Gasteiger partial charge in [0.1, 0.15) is 0 Å². The van der Waals surface area contributed by atoms with E-state index in [1.165, 1.54) is 11.8 Å². The van der Waals surface area contributed by atoms with E-state index >= 15 is 0 Å². The highest BCUT2D eigenvalue weighted by Gasteiger charge is 2.44. The number of carbonyl (C=O) groups is 2. The second-order valence-corrected chi connectivity index (χ2v) is 4.73. The SMILES string of the molecule is CN(C)C1=NC2(C)N=C(N)N1OC(=O)C(O)C(O)C(=O)O2. The monoisotopic (exact) mass is 301 g/mol. The molecule has 0 aromatic carbocycles. The summed E-state index contributed by atoms with van der Waals surface area (Å²) >= 11 is 0. The number of fused-ring (bicyclic) bond motifs is 5. The molecule has 3 unspecified atom stereocenters. The Balaban J connectivity index is 2.53. The maximum absolute atomic E-state index is 11.7. The number of hydrogen-bond donors (Lipinski definition) is 3. The van der Waals surface area contributed by atoms with Gasteiger partial charge in [-0.05, 0) is 0 Å². The fourth-order valence-electron chi connectivity index (χ4n) is 1.68. The predicted molar refractivity (Wildman–Crippen MR) is 67.2 cm³/mol. The first kappa shape index (κ1) is 15.0.